The Bertz CT molecular complexity index is 1340. The maximum absolute atomic E-state index is 12.7. The number of anilines is 2. The van der Waals surface area contributed by atoms with Crippen LogP contribution in [0.15, 0.2) is 66.7 Å². The summed E-state index contributed by atoms with van der Waals surface area (Å²) in [5, 5.41) is 13.4. The summed E-state index contributed by atoms with van der Waals surface area (Å²) < 4.78 is 26.1. The predicted molar refractivity (Wildman–Crippen MR) is 125 cm³/mol. The zero-order valence-corrected chi connectivity index (χ0v) is 18.6. The second-order valence-corrected chi connectivity index (χ2v) is 9.98. The third-order valence-corrected chi connectivity index (χ3v) is 6.71. The quantitative estimate of drug-likeness (QED) is 0.476. The minimum Gasteiger partial charge on any atom is -0.299 e. The fraction of sp³-hybridized carbons (Fsp3) is 0.136. The van der Waals surface area contributed by atoms with E-state index < -0.39 is 15.9 Å². The van der Waals surface area contributed by atoms with Crippen molar-refractivity contribution in [2.24, 2.45) is 0 Å². The number of carbonyl (C=O) groups excluding carboxylic acids is 1. The van der Waals surface area contributed by atoms with Crippen LogP contribution in [0.5, 0.6) is 0 Å². The number of fused-ring (bicyclic) bond motifs is 1. The van der Waals surface area contributed by atoms with Gasteiger partial charge < -0.3 is 0 Å². The molecule has 4 aromatic rings. The molecular weight excluding hydrogens is 432 g/mol. The fourth-order valence-electron chi connectivity index (χ4n) is 3.18. The Morgan fingerprint density at radius 1 is 1.00 bits per heavy atom. The maximum atomic E-state index is 12.7. The molecule has 0 aliphatic rings. The largest absolute Gasteiger partial charge is 0.299 e. The summed E-state index contributed by atoms with van der Waals surface area (Å²) in [6.45, 7) is 1.63. The number of hydrogen-bond acceptors (Lipinski definition) is 6. The Morgan fingerprint density at radius 3 is 2.45 bits per heavy atom. The van der Waals surface area contributed by atoms with Crippen LogP contribution in [0.25, 0.3) is 21.3 Å². The number of amides is 1. The number of hydrogen-bond donors (Lipinski definition) is 1. The van der Waals surface area contributed by atoms with Gasteiger partial charge in [0.05, 0.1) is 11.9 Å². The molecule has 0 unspecified atom stereocenters. The van der Waals surface area contributed by atoms with Gasteiger partial charge in [0.25, 0.3) is 0 Å². The Hall–Kier alpha value is -3.30. The van der Waals surface area contributed by atoms with Crippen molar-refractivity contribution < 1.29 is 13.2 Å². The molecule has 0 saturated carbocycles. The Labute approximate surface area is 184 Å². The lowest BCUT2D eigenvalue weighted by molar-refractivity contribution is -0.114. The van der Waals surface area contributed by atoms with Crippen LogP contribution in [-0.4, -0.2) is 37.3 Å². The monoisotopic (exact) mass is 452 g/mol. The molecule has 7 nitrogen and oxygen atoms in total. The Kier molecular flexibility index (Phi) is 5.71. The summed E-state index contributed by atoms with van der Waals surface area (Å²) in [5.41, 5.74) is 2.49. The van der Waals surface area contributed by atoms with E-state index in [9.17, 15) is 13.2 Å². The van der Waals surface area contributed by atoms with Gasteiger partial charge in [0.15, 0.2) is 0 Å². The van der Waals surface area contributed by atoms with Gasteiger partial charge in [-0.25, -0.2) is 8.42 Å². The van der Waals surface area contributed by atoms with Gasteiger partial charge in [0, 0.05) is 10.9 Å². The number of nitrogens with one attached hydrogen (secondary N) is 1. The third-order valence-electron chi connectivity index (χ3n) is 4.69. The molecular formula is C22H20N4O3S2. The van der Waals surface area contributed by atoms with E-state index in [4.69, 9.17) is 0 Å². The Balaban J connectivity index is 1.56. The van der Waals surface area contributed by atoms with Gasteiger partial charge in [0.1, 0.15) is 11.6 Å². The second kappa shape index (κ2) is 8.44. The highest BCUT2D eigenvalue weighted by Gasteiger charge is 2.23. The van der Waals surface area contributed by atoms with E-state index in [0.717, 1.165) is 32.5 Å². The summed E-state index contributed by atoms with van der Waals surface area (Å²) in [6, 6.07) is 20.6. The van der Waals surface area contributed by atoms with Crippen LogP contribution in [0.3, 0.4) is 0 Å². The standard InChI is InChI=1S/C22H20N4O3S2/c1-15-10-12-17(13-11-15)21-24-25-22(30-21)23-20(27)14-26(31(2,28)29)19-9-5-7-16-6-3-4-8-18(16)19/h3-13H,14H2,1-2H3,(H,23,25,27). The third kappa shape index (κ3) is 4.73. The van der Waals surface area contributed by atoms with E-state index in [-0.39, 0.29) is 6.54 Å². The highest BCUT2D eigenvalue weighted by atomic mass is 32.2. The lowest BCUT2D eigenvalue weighted by atomic mass is 10.1. The molecule has 31 heavy (non-hydrogen) atoms. The molecule has 4 rings (SSSR count). The van der Waals surface area contributed by atoms with Crippen LogP contribution >= 0.6 is 11.3 Å². The maximum Gasteiger partial charge on any atom is 0.246 e. The van der Waals surface area contributed by atoms with Gasteiger partial charge >= 0.3 is 0 Å². The van der Waals surface area contributed by atoms with Gasteiger partial charge in [-0.1, -0.05) is 77.6 Å². The second-order valence-electron chi connectivity index (χ2n) is 7.09. The molecule has 1 aromatic heterocycles. The summed E-state index contributed by atoms with van der Waals surface area (Å²) in [4.78, 5) is 12.7. The van der Waals surface area contributed by atoms with Crippen LogP contribution in [0.2, 0.25) is 0 Å². The summed E-state index contributed by atoms with van der Waals surface area (Å²) in [5.74, 6) is -0.495. The van der Waals surface area contributed by atoms with E-state index in [1.807, 2.05) is 61.5 Å². The lowest BCUT2D eigenvalue weighted by Crippen LogP contribution is -2.37. The lowest BCUT2D eigenvalue weighted by Gasteiger charge is -2.23. The smallest absolute Gasteiger partial charge is 0.246 e. The van der Waals surface area contributed by atoms with E-state index in [0.29, 0.717) is 15.8 Å². The molecule has 0 spiro atoms. The number of rotatable bonds is 6. The van der Waals surface area contributed by atoms with Crippen molar-refractivity contribution in [3.8, 4) is 10.6 Å². The molecule has 0 fully saturated rings. The number of nitrogens with zero attached hydrogens (tertiary/aromatic N) is 3. The fourth-order valence-corrected chi connectivity index (χ4v) is 4.82. The van der Waals surface area contributed by atoms with Gasteiger partial charge in [0.2, 0.25) is 21.1 Å². The molecule has 0 bridgehead atoms. The van der Waals surface area contributed by atoms with Gasteiger partial charge in [-0.15, -0.1) is 10.2 Å². The molecule has 0 aliphatic heterocycles. The highest BCUT2D eigenvalue weighted by molar-refractivity contribution is 7.92. The summed E-state index contributed by atoms with van der Waals surface area (Å²) >= 11 is 1.23. The Morgan fingerprint density at radius 2 is 1.71 bits per heavy atom. The molecule has 1 N–H and O–H groups in total. The number of carbonyl (C=O) groups is 1. The first-order valence-corrected chi connectivity index (χ1v) is 12.1. The number of benzene rings is 3. The van der Waals surface area contributed by atoms with Gasteiger partial charge in [-0.3, -0.25) is 14.4 Å². The molecule has 1 amide bonds. The van der Waals surface area contributed by atoms with E-state index >= 15 is 0 Å². The van der Waals surface area contributed by atoms with Crippen LogP contribution < -0.4 is 9.62 Å². The van der Waals surface area contributed by atoms with E-state index in [1.54, 1.807) is 12.1 Å². The average Bonchev–Trinajstić information content (AvgIpc) is 3.20. The first-order chi connectivity index (χ1) is 14.8. The number of sulfonamides is 1. The van der Waals surface area contributed by atoms with Crippen LogP contribution in [0.4, 0.5) is 10.8 Å². The van der Waals surface area contributed by atoms with Crippen molar-refractivity contribution in [3.63, 3.8) is 0 Å². The molecule has 0 aliphatic carbocycles. The van der Waals surface area contributed by atoms with Gasteiger partial charge in [-0.2, -0.15) is 0 Å². The average molecular weight is 453 g/mol. The first-order valence-electron chi connectivity index (χ1n) is 9.47. The summed E-state index contributed by atoms with van der Waals surface area (Å²) in [6.07, 6.45) is 1.09. The molecule has 9 heteroatoms. The molecule has 3 aromatic carbocycles. The molecule has 0 atom stereocenters. The van der Waals surface area contributed by atoms with Crippen molar-refractivity contribution in [2.45, 2.75) is 6.92 Å². The van der Waals surface area contributed by atoms with E-state index in [1.165, 1.54) is 11.3 Å². The first kappa shape index (κ1) is 21.0. The molecule has 0 radical (unpaired) electrons. The minimum absolute atomic E-state index is 0.312. The topological polar surface area (TPSA) is 92.3 Å². The van der Waals surface area contributed by atoms with Crippen molar-refractivity contribution in [1.82, 2.24) is 10.2 Å². The molecule has 0 saturated heterocycles. The normalized spacial score (nSPS) is 11.4. The number of aryl methyl sites for hydroxylation is 1. The van der Waals surface area contributed by atoms with Crippen LogP contribution in [0, 0.1) is 6.92 Å². The van der Waals surface area contributed by atoms with E-state index in [2.05, 4.69) is 15.5 Å². The van der Waals surface area contributed by atoms with Crippen molar-refractivity contribution in [3.05, 3.63) is 72.3 Å². The predicted octanol–water partition coefficient (Wildman–Crippen LogP) is 4.07. The number of aromatic nitrogens is 2. The summed E-state index contributed by atoms with van der Waals surface area (Å²) in [7, 11) is -3.70. The SMILES string of the molecule is Cc1ccc(-c2nnc(NC(=O)CN(c3cccc4ccccc34)S(C)(=O)=O)s2)cc1. The van der Waals surface area contributed by atoms with Crippen molar-refractivity contribution in [1.29, 1.82) is 0 Å². The van der Waals surface area contributed by atoms with Gasteiger partial charge in [-0.05, 0) is 18.4 Å². The van der Waals surface area contributed by atoms with Crippen LogP contribution in [-0.2, 0) is 14.8 Å². The highest BCUT2D eigenvalue weighted by Crippen LogP contribution is 2.29. The van der Waals surface area contributed by atoms with Crippen LogP contribution in [0.1, 0.15) is 5.56 Å². The minimum atomic E-state index is -3.70. The van der Waals surface area contributed by atoms with Crippen molar-refractivity contribution >= 4 is 48.9 Å². The molecule has 158 valence electrons. The zero-order valence-electron chi connectivity index (χ0n) is 16.9. The zero-order chi connectivity index (χ0) is 22.0. The van der Waals surface area contributed by atoms with Crippen molar-refractivity contribution in [2.75, 3.05) is 22.4 Å². The molecule has 1 heterocycles.